The number of aromatic nitrogens is 2. The quantitative estimate of drug-likeness (QED) is 0.491. The SMILES string of the molecule is c1ccc2c(c1)sc1ccccc12.c1cn[nH]c1. The van der Waals surface area contributed by atoms with Crippen LogP contribution in [0, 0.1) is 0 Å². The molecule has 0 atom stereocenters. The number of hydrogen-bond acceptors (Lipinski definition) is 2. The van der Waals surface area contributed by atoms with Gasteiger partial charge in [-0.25, -0.2) is 0 Å². The molecule has 0 saturated carbocycles. The number of fused-ring (bicyclic) bond motifs is 3. The molecule has 0 radical (unpaired) electrons. The highest BCUT2D eigenvalue weighted by Gasteiger charge is 2.01. The monoisotopic (exact) mass is 252 g/mol. The van der Waals surface area contributed by atoms with Gasteiger partial charge in [-0.1, -0.05) is 36.4 Å². The molecule has 2 aromatic carbocycles. The van der Waals surface area contributed by atoms with Crippen LogP contribution in [-0.4, -0.2) is 10.2 Å². The Morgan fingerprint density at radius 3 is 1.83 bits per heavy atom. The van der Waals surface area contributed by atoms with Crippen LogP contribution < -0.4 is 0 Å². The van der Waals surface area contributed by atoms with E-state index in [2.05, 4.69) is 58.7 Å². The Hall–Kier alpha value is -2.13. The molecule has 0 saturated heterocycles. The number of hydrogen-bond donors (Lipinski definition) is 1. The molecule has 18 heavy (non-hydrogen) atoms. The number of benzene rings is 2. The van der Waals surface area contributed by atoms with Crippen molar-refractivity contribution in [3.05, 3.63) is 67.0 Å². The normalized spacial score (nSPS) is 10.2. The lowest BCUT2D eigenvalue weighted by Crippen LogP contribution is -1.62. The Morgan fingerprint density at radius 2 is 1.39 bits per heavy atom. The van der Waals surface area contributed by atoms with Crippen molar-refractivity contribution in [3.8, 4) is 0 Å². The van der Waals surface area contributed by atoms with Gasteiger partial charge in [0.05, 0.1) is 0 Å². The zero-order valence-corrected chi connectivity index (χ0v) is 10.5. The minimum Gasteiger partial charge on any atom is -0.286 e. The topological polar surface area (TPSA) is 28.7 Å². The van der Waals surface area contributed by atoms with Crippen molar-refractivity contribution >= 4 is 31.5 Å². The number of aromatic amines is 1. The van der Waals surface area contributed by atoms with Gasteiger partial charge in [0.15, 0.2) is 0 Å². The summed E-state index contributed by atoms with van der Waals surface area (Å²) in [7, 11) is 0. The molecule has 0 aliphatic carbocycles. The van der Waals surface area contributed by atoms with Gasteiger partial charge in [0.25, 0.3) is 0 Å². The summed E-state index contributed by atoms with van der Waals surface area (Å²) in [5.41, 5.74) is 0. The Morgan fingerprint density at radius 1 is 0.778 bits per heavy atom. The lowest BCUT2D eigenvalue weighted by molar-refractivity contribution is 1.09. The fourth-order valence-corrected chi connectivity index (χ4v) is 3.00. The van der Waals surface area contributed by atoms with Crippen molar-refractivity contribution < 1.29 is 0 Å². The molecular formula is C15H12N2S. The van der Waals surface area contributed by atoms with E-state index in [0.717, 1.165) is 0 Å². The fraction of sp³-hybridized carbons (Fsp3) is 0. The van der Waals surface area contributed by atoms with Crippen molar-refractivity contribution in [2.24, 2.45) is 0 Å². The maximum absolute atomic E-state index is 3.60. The third-order valence-corrected chi connectivity index (χ3v) is 3.84. The molecule has 4 rings (SSSR count). The van der Waals surface area contributed by atoms with E-state index in [0.29, 0.717) is 0 Å². The summed E-state index contributed by atoms with van der Waals surface area (Å²) in [6.45, 7) is 0. The van der Waals surface area contributed by atoms with Gasteiger partial charge in [0.2, 0.25) is 0 Å². The van der Waals surface area contributed by atoms with E-state index in [1.807, 2.05) is 17.4 Å². The smallest absolute Gasteiger partial charge is 0.0487 e. The number of H-pyrrole nitrogens is 1. The molecule has 4 aromatic rings. The summed E-state index contributed by atoms with van der Waals surface area (Å²) in [5, 5.41) is 8.96. The zero-order valence-electron chi connectivity index (χ0n) is 9.71. The predicted octanol–water partition coefficient (Wildman–Crippen LogP) is 4.46. The van der Waals surface area contributed by atoms with Crippen LogP contribution in [-0.2, 0) is 0 Å². The van der Waals surface area contributed by atoms with Crippen molar-refractivity contribution in [1.29, 1.82) is 0 Å². The second-order valence-corrected chi connectivity index (χ2v) is 4.94. The Kier molecular flexibility index (Phi) is 3.07. The number of rotatable bonds is 0. The molecule has 0 amide bonds. The van der Waals surface area contributed by atoms with Gasteiger partial charge in [0.1, 0.15) is 0 Å². The van der Waals surface area contributed by atoms with Gasteiger partial charge in [-0.15, -0.1) is 11.3 Å². The van der Waals surface area contributed by atoms with E-state index in [-0.39, 0.29) is 0 Å². The Bertz CT molecular complexity index is 674. The molecule has 3 heteroatoms. The molecule has 0 aliphatic rings. The van der Waals surface area contributed by atoms with Gasteiger partial charge in [0, 0.05) is 32.6 Å². The zero-order chi connectivity index (χ0) is 12.2. The molecule has 88 valence electrons. The minimum absolute atomic E-state index is 1.38. The second kappa shape index (κ2) is 5.02. The molecule has 0 unspecified atom stereocenters. The Labute approximate surface area is 109 Å². The van der Waals surface area contributed by atoms with Gasteiger partial charge in [-0.2, -0.15) is 5.10 Å². The standard InChI is InChI=1S/C12H8S.C3H4N2/c1-3-7-11-9(5-1)10-6-2-4-8-12(10)13-11;1-2-4-5-3-1/h1-8H;1-3H,(H,4,5). The van der Waals surface area contributed by atoms with Crippen molar-refractivity contribution in [3.63, 3.8) is 0 Å². The van der Waals surface area contributed by atoms with E-state index < -0.39 is 0 Å². The van der Waals surface area contributed by atoms with Gasteiger partial charge in [-0.05, 0) is 18.2 Å². The van der Waals surface area contributed by atoms with E-state index in [4.69, 9.17) is 0 Å². The van der Waals surface area contributed by atoms with Gasteiger partial charge in [-0.3, -0.25) is 5.10 Å². The highest BCUT2D eigenvalue weighted by molar-refractivity contribution is 7.25. The van der Waals surface area contributed by atoms with E-state index in [1.54, 1.807) is 12.4 Å². The lowest BCUT2D eigenvalue weighted by atomic mass is 10.2. The Balaban J connectivity index is 0.000000169. The molecule has 0 bridgehead atoms. The van der Waals surface area contributed by atoms with Crippen LogP contribution in [0.3, 0.4) is 0 Å². The summed E-state index contributed by atoms with van der Waals surface area (Å²) in [4.78, 5) is 0. The van der Waals surface area contributed by atoms with E-state index >= 15 is 0 Å². The molecular weight excluding hydrogens is 240 g/mol. The van der Waals surface area contributed by atoms with Crippen molar-refractivity contribution in [2.45, 2.75) is 0 Å². The second-order valence-electron chi connectivity index (χ2n) is 3.86. The molecule has 1 N–H and O–H groups in total. The van der Waals surface area contributed by atoms with Crippen LogP contribution in [0.15, 0.2) is 67.0 Å². The average molecular weight is 252 g/mol. The van der Waals surface area contributed by atoms with Crippen molar-refractivity contribution in [1.82, 2.24) is 10.2 Å². The van der Waals surface area contributed by atoms with E-state index in [9.17, 15) is 0 Å². The fourth-order valence-electron chi connectivity index (χ4n) is 1.89. The van der Waals surface area contributed by atoms with Crippen LogP contribution in [0.4, 0.5) is 0 Å². The molecule has 2 heterocycles. The first-order valence-electron chi connectivity index (χ1n) is 5.75. The first-order chi connectivity index (χ1) is 8.95. The van der Waals surface area contributed by atoms with Crippen LogP contribution in [0.25, 0.3) is 20.2 Å². The molecule has 0 spiro atoms. The molecule has 0 fully saturated rings. The number of nitrogens with one attached hydrogen (secondary N) is 1. The number of nitrogens with zero attached hydrogens (tertiary/aromatic N) is 1. The first kappa shape index (κ1) is 11.0. The summed E-state index contributed by atoms with van der Waals surface area (Å²) >= 11 is 1.86. The van der Waals surface area contributed by atoms with Crippen LogP contribution >= 0.6 is 11.3 Å². The first-order valence-corrected chi connectivity index (χ1v) is 6.57. The van der Waals surface area contributed by atoms with Crippen LogP contribution in [0.1, 0.15) is 0 Å². The lowest BCUT2D eigenvalue weighted by Gasteiger charge is -1.88. The maximum Gasteiger partial charge on any atom is 0.0487 e. The number of thiophene rings is 1. The molecule has 2 aromatic heterocycles. The van der Waals surface area contributed by atoms with E-state index in [1.165, 1.54) is 20.2 Å². The van der Waals surface area contributed by atoms with Gasteiger partial charge >= 0.3 is 0 Å². The van der Waals surface area contributed by atoms with Crippen LogP contribution in [0.2, 0.25) is 0 Å². The average Bonchev–Trinajstić information content (AvgIpc) is 3.10. The van der Waals surface area contributed by atoms with Crippen molar-refractivity contribution in [2.75, 3.05) is 0 Å². The molecule has 0 aliphatic heterocycles. The largest absolute Gasteiger partial charge is 0.286 e. The maximum atomic E-state index is 3.60. The highest BCUT2D eigenvalue weighted by Crippen LogP contribution is 2.32. The molecule has 2 nitrogen and oxygen atoms in total. The minimum atomic E-state index is 1.38. The summed E-state index contributed by atoms with van der Waals surface area (Å²) in [6.07, 6.45) is 3.46. The van der Waals surface area contributed by atoms with Gasteiger partial charge < -0.3 is 0 Å². The highest BCUT2D eigenvalue weighted by atomic mass is 32.1. The summed E-state index contributed by atoms with van der Waals surface area (Å²) in [5.74, 6) is 0. The summed E-state index contributed by atoms with van der Waals surface area (Å²) < 4.78 is 2.76. The summed E-state index contributed by atoms with van der Waals surface area (Å²) in [6, 6.07) is 19.0. The predicted molar refractivity (Wildman–Crippen MR) is 77.9 cm³/mol. The third-order valence-electron chi connectivity index (χ3n) is 2.69. The van der Waals surface area contributed by atoms with Crippen LogP contribution in [0.5, 0.6) is 0 Å². The third kappa shape index (κ3) is 2.13.